The van der Waals surface area contributed by atoms with Gasteiger partial charge < -0.3 is 10.2 Å². The molecule has 1 heterocycles. The third kappa shape index (κ3) is 3.72. The van der Waals surface area contributed by atoms with Gasteiger partial charge in [0.1, 0.15) is 5.82 Å². The van der Waals surface area contributed by atoms with E-state index >= 15 is 0 Å². The molecule has 2 rings (SSSR count). The average molecular weight is 304 g/mol. The van der Waals surface area contributed by atoms with Gasteiger partial charge in [-0.3, -0.25) is 4.79 Å². The molecule has 3 nitrogen and oxygen atoms in total. The first-order valence-corrected chi connectivity index (χ1v) is 6.65. The molecule has 1 saturated heterocycles. The van der Waals surface area contributed by atoms with Crippen LogP contribution >= 0.6 is 0 Å². The maximum atomic E-state index is 13.3. The number of alkyl halides is 3. The number of benzene rings is 1. The molecule has 0 unspecified atom stereocenters. The summed E-state index contributed by atoms with van der Waals surface area (Å²) in [4.78, 5) is 13.7. The van der Waals surface area contributed by atoms with Gasteiger partial charge in [-0.2, -0.15) is 13.2 Å². The predicted molar refractivity (Wildman–Crippen MR) is 69.4 cm³/mol. The zero-order valence-electron chi connectivity index (χ0n) is 11.5. The van der Waals surface area contributed by atoms with Crippen LogP contribution in [0.5, 0.6) is 0 Å². The summed E-state index contributed by atoms with van der Waals surface area (Å²) in [5.74, 6) is -1.63. The van der Waals surface area contributed by atoms with Crippen molar-refractivity contribution >= 4 is 5.91 Å². The van der Waals surface area contributed by atoms with Crippen LogP contribution in [0.3, 0.4) is 0 Å². The molecule has 116 valence electrons. The first-order valence-electron chi connectivity index (χ1n) is 6.65. The molecular weight excluding hydrogens is 288 g/mol. The summed E-state index contributed by atoms with van der Waals surface area (Å²) in [6.45, 7) is 0.877. The van der Waals surface area contributed by atoms with Crippen LogP contribution in [0.1, 0.15) is 28.8 Å². The Balaban J connectivity index is 2.25. The number of amides is 1. The Morgan fingerprint density at radius 3 is 2.67 bits per heavy atom. The van der Waals surface area contributed by atoms with Crippen molar-refractivity contribution in [2.45, 2.75) is 25.1 Å². The SMILES string of the molecule is CN[C@@H]1CCCN(C(=O)c2cc(F)cc(C(F)(F)F)c2)C1. The van der Waals surface area contributed by atoms with Crippen LogP contribution in [0.25, 0.3) is 0 Å². The molecule has 1 atom stereocenters. The molecule has 1 aliphatic rings. The molecular formula is C14H16F4N2O. The highest BCUT2D eigenvalue weighted by Crippen LogP contribution is 2.30. The lowest BCUT2D eigenvalue weighted by molar-refractivity contribution is -0.137. The second-order valence-corrected chi connectivity index (χ2v) is 5.11. The molecule has 0 radical (unpaired) electrons. The zero-order valence-corrected chi connectivity index (χ0v) is 11.5. The predicted octanol–water partition coefficient (Wildman–Crippen LogP) is 2.67. The number of carbonyl (C=O) groups excluding carboxylic acids is 1. The Morgan fingerprint density at radius 1 is 1.33 bits per heavy atom. The number of hydrogen-bond acceptors (Lipinski definition) is 2. The molecule has 1 amide bonds. The molecule has 21 heavy (non-hydrogen) atoms. The molecule has 0 saturated carbocycles. The third-order valence-electron chi connectivity index (χ3n) is 3.59. The highest BCUT2D eigenvalue weighted by Gasteiger charge is 2.33. The van der Waals surface area contributed by atoms with Crippen LogP contribution in [0.4, 0.5) is 17.6 Å². The Bertz CT molecular complexity index is 530. The van der Waals surface area contributed by atoms with E-state index in [0.717, 1.165) is 18.9 Å². The van der Waals surface area contributed by atoms with Gasteiger partial charge in [-0.15, -0.1) is 0 Å². The van der Waals surface area contributed by atoms with Crippen molar-refractivity contribution in [2.75, 3.05) is 20.1 Å². The molecule has 1 fully saturated rings. The Kier molecular flexibility index (Phi) is 4.51. The van der Waals surface area contributed by atoms with E-state index in [1.807, 2.05) is 0 Å². The van der Waals surface area contributed by atoms with Crippen LogP contribution in [-0.4, -0.2) is 37.0 Å². The van der Waals surface area contributed by atoms with E-state index in [9.17, 15) is 22.4 Å². The van der Waals surface area contributed by atoms with E-state index < -0.39 is 23.5 Å². The van der Waals surface area contributed by atoms with E-state index in [1.165, 1.54) is 4.90 Å². The summed E-state index contributed by atoms with van der Waals surface area (Å²) in [5.41, 5.74) is -1.41. The molecule has 1 aliphatic heterocycles. The van der Waals surface area contributed by atoms with Gasteiger partial charge in [0.2, 0.25) is 0 Å². The van der Waals surface area contributed by atoms with Gasteiger partial charge in [0, 0.05) is 24.7 Å². The number of nitrogens with zero attached hydrogens (tertiary/aromatic N) is 1. The van der Waals surface area contributed by atoms with E-state index in [0.29, 0.717) is 25.2 Å². The monoisotopic (exact) mass is 304 g/mol. The Hall–Kier alpha value is -1.63. The van der Waals surface area contributed by atoms with Crippen molar-refractivity contribution in [3.8, 4) is 0 Å². The summed E-state index contributed by atoms with van der Waals surface area (Å²) < 4.78 is 51.4. The van der Waals surface area contributed by atoms with Crippen LogP contribution in [-0.2, 0) is 6.18 Å². The average Bonchev–Trinajstić information content (AvgIpc) is 2.45. The summed E-state index contributed by atoms with van der Waals surface area (Å²) in [6, 6.07) is 2.05. The van der Waals surface area contributed by atoms with E-state index in [4.69, 9.17) is 0 Å². The lowest BCUT2D eigenvalue weighted by atomic mass is 10.0. The van der Waals surface area contributed by atoms with E-state index in [-0.39, 0.29) is 11.6 Å². The summed E-state index contributed by atoms with van der Waals surface area (Å²) >= 11 is 0. The molecule has 7 heteroatoms. The number of likely N-dealkylation sites (N-methyl/N-ethyl adjacent to an activating group) is 1. The number of carbonyl (C=O) groups is 1. The Labute approximate surface area is 119 Å². The van der Waals surface area contributed by atoms with Gasteiger partial charge in [0.25, 0.3) is 5.91 Å². The van der Waals surface area contributed by atoms with Crippen molar-refractivity contribution in [2.24, 2.45) is 0 Å². The molecule has 1 aromatic rings. The minimum absolute atomic E-state index is 0.110. The third-order valence-corrected chi connectivity index (χ3v) is 3.59. The topological polar surface area (TPSA) is 32.3 Å². The first-order chi connectivity index (χ1) is 9.81. The number of halogens is 4. The van der Waals surface area contributed by atoms with E-state index in [1.54, 1.807) is 7.05 Å². The highest BCUT2D eigenvalue weighted by molar-refractivity contribution is 5.94. The zero-order chi connectivity index (χ0) is 15.6. The van der Waals surface area contributed by atoms with Gasteiger partial charge in [-0.1, -0.05) is 0 Å². The normalized spacial score (nSPS) is 19.7. The molecule has 0 spiro atoms. The molecule has 1 aromatic carbocycles. The maximum Gasteiger partial charge on any atom is 0.416 e. The van der Waals surface area contributed by atoms with Crippen molar-refractivity contribution in [3.63, 3.8) is 0 Å². The minimum atomic E-state index is -4.67. The standard InChI is InChI=1S/C14H16F4N2O/c1-19-12-3-2-4-20(8-12)13(21)9-5-10(14(16,17)18)7-11(15)6-9/h5-7,12,19H,2-4,8H2,1H3/t12-/m1/s1. The fraction of sp³-hybridized carbons (Fsp3) is 0.500. The van der Waals surface area contributed by atoms with Crippen LogP contribution in [0, 0.1) is 5.82 Å². The quantitative estimate of drug-likeness (QED) is 0.852. The number of piperidine rings is 1. The summed E-state index contributed by atoms with van der Waals surface area (Å²) in [5, 5.41) is 3.04. The van der Waals surface area contributed by atoms with Crippen molar-refractivity contribution in [1.82, 2.24) is 10.2 Å². The van der Waals surface area contributed by atoms with Crippen LogP contribution in [0.2, 0.25) is 0 Å². The first kappa shape index (κ1) is 15.8. The van der Waals surface area contributed by atoms with Gasteiger partial charge in [0.15, 0.2) is 0 Å². The number of rotatable bonds is 2. The van der Waals surface area contributed by atoms with Crippen LogP contribution in [0.15, 0.2) is 18.2 Å². The highest BCUT2D eigenvalue weighted by atomic mass is 19.4. The number of hydrogen-bond donors (Lipinski definition) is 1. The van der Waals surface area contributed by atoms with E-state index in [2.05, 4.69) is 5.32 Å². The van der Waals surface area contributed by atoms with Gasteiger partial charge in [-0.05, 0) is 38.1 Å². The Morgan fingerprint density at radius 2 is 2.05 bits per heavy atom. The summed E-state index contributed by atoms with van der Waals surface area (Å²) in [7, 11) is 1.77. The smallest absolute Gasteiger partial charge is 0.337 e. The molecule has 0 aliphatic carbocycles. The minimum Gasteiger partial charge on any atom is -0.337 e. The van der Waals surface area contributed by atoms with Crippen molar-refractivity contribution in [1.29, 1.82) is 0 Å². The largest absolute Gasteiger partial charge is 0.416 e. The summed E-state index contributed by atoms with van der Waals surface area (Å²) in [6.07, 6.45) is -3.01. The van der Waals surface area contributed by atoms with Crippen molar-refractivity contribution < 1.29 is 22.4 Å². The maximum absolute atomic E-state index is 13.3. The fourth-order valence-electron chi connectivity index (χ4n) is 2.46. The number of likely N-dealkylation sites (tertiary alicyclic amines) is 1. The van der Waals surface area contributed by atoms with Crippen molar-refractivity contribution in [3.05, 3.63) is 35.1 Å². The lowest BCUT2D eigenvalue weighted by Gasteiger charge is -2.32. The molecule has 1 N–H and O–H groups in total. The number of nitrogens with one attached hydrogen (secondary N) is 1. The van der Waals surface area contributed by atoms with Gasteiger partial charge >= 0.3 is 6.18 Å². The molecule has 0 aromatic heterocycles. The fourth-order valence-corrected chi connectivity index (χ4v) is 2.46. The lowest BCUT2D eigenvalue weighted by Crippen LogP contribution is -2.47. The second kappa shape index (κ2) is 6.01. The van der Waals surface area contributed by atoms with Gasteiger partial charge in [-0.25, -0.2) is 4.39 Å². The second-order valence-electron chi connectivity index (χ2n) is 5.11. The van der Waals surface area contributed by atoms with Crippen LogP contribution < -0.4 is 5.32 Å². The van der Waals surface area contributed by atoms with Gasteiger partial charge in [0.05, 0.1) is 5.56 Å². The molecule has 0 bridgehead atoms.